The number of rotatable bonds is 7. The van der Waals surface area contributed by atoms with Crippen molar-refractivity contribution in [1.29, 1.82) is 0 Å². The highest BCUT2D eigenvalue weighted by Crippen LogP contribution is 2.33. The van der Waals surface area contributed by atoms with Crippen molar-refractivity contribution < 1.29 is 9.90 Å². The van der Waals surface area contributed by atoms with Crippen LogP contribution in [0.5, 0.6) is 0 Å². The van der Waals surface area contributed by atoms with Gasteiger partial charge in [-0.1, -0.05) is 55.8 Å². The third-order valence-corrected chi connectivity index (χ3v) is 5.27. The second-order valence-electron chi connectivity index (χ2n) is 6.14. The first-order valence-electron chi connectivity index (χ1n) is 7.37. The van der Waals surface area contributed by atoms with Gasteiger partial charge in [-0.15, -0.1) is 11.3 Å². The number of aryl methyl sites for hydroxylation is 1. The molecule has 2 rings (SSSR count). The molecule has 0 aliphatic carbocycles. The fourth-order valence-corrected chi connectivity index (χ4v) is 3.96. The van der Waals surface area contributed by atoms with E-state index >= 15 is 0 Å². The van der Waals surface area contributed by atoms with Gasteiger partial charge in [0.15, 0.2) is 0 Å². The lowest BCUT2D eigenvalue weighted by Gasteiger charge is -2.22. The molecule has 1 aromatic heterocycles. The van der Waals surface area contributed by atoms with Gasteiger partial charge in [0.1, 0.15) is 5.78 Å². The second-order valence-corrected chi connectivity index (χ2v) is 7.88. The molecule has 22 heavy (non-hydrogen) atoms. The van der Waals surface area contributed by atoms with Crippen LogP contribution in [0.2, 0.25) is 4.34 Å². The monoisotopic (exact) mass is 336 g/mol. The Bertz CT molecular complexity index is 632. The highest BCUT2D eigenvalue weighted by molar-refractivity contribution is 7.16. The Hall–Kier alpha value is -1.16. The predicted molar refractivity (Wildman–Crippen MR) is 92.5 cm³/mol. The third kappa shape index (κ3) is 4.42. The number of Topliss-reactive ketones (excluding diaryl/α,β-unsaturated/α-hetero) is 1. The van der Waals surface area contributed by atoms with E-state index in [2.05, 4.69) is 0 Å². The van der Waals surface area contributed by atoms with Crippen LogP contribution in [-0.2, 0) is 24.2 Å². The third-order valence-electron chi connectivity index (χ3n) is 3.83. The molecule has 0 aliphatic heterocycles. The van der Waals surface area contributed by atoms with E-state index in [0.29, 0.717) is 17.2 Å². The Morgan fingerprint density at radius 3 is 2.55 bits per heavy atom. The van der Waals surface area contributed by atoms with Gasteiger partial charge in [-0.3, -0.25) is 4.79 Å². The van der Waals surface area contributed by atoms with E-state index < -0.39 is 5.41 Å². The molecule has 0 spiro atoms. The van der Waals surface area contributed by atoms with Crippen LogP contribution in [0.25, 0.3) is 0 Å². The van der Waals surface area contributed by atoms with Gasteiger partial charge < -0.3 is 5.11 Å². The van der Waals surface area contributed by atoms with E-state index in [1.165, 1.54) is 16.9 Å². The number of aliphatic hydroxyl groups is 1. The lowest BCUT2D eigenvalue weighted by molar-refractivity contribution is -0.127. The summed E-state index contributed by atoms with van der Waals surface area (Å²) in [5.74, 6) is 0.256. The normalized spacial score (nSPS) is 11.6. The number of ketones is 1. The quantitative estimate of drug-likeness (QED) is 0.798. The molecule has 0 atom stereocenters. The van der Waals surface area contributed by atoms with E-state index in [0.717, 1.165) is 16.9 Å². The van der Waals surface area contributed by atoms with Crippen molar-refractivity contribution >= 4 is 28.7 Å². The standard InChI is InChI=1S/C18H21ClO2S/c1-18(2,11-15-10-14(12-20)17(19)22-15)16(21)9-8-13-6-4-3-5-7-13/h3-7,10,20H,8-9,11-12H2,1-2H3. The first-order valence-corrected chi connectivity index (χ1v) is 8.57. The van der Waals surface area contributed by atoms with Gasteiger partial charge in [-0.2, -0.15) is 0 Å². The van der Waals surface area contributed by atoms with Gasteiger partial charge in [-0.25, -0.2) is 0 Å². The van der Waals surface area contributed by atoms with Crippen molar-refractivity contribution in [3.63, 3.8) is 0 Å². The van der Waals surface area contributed by atoms with Crippen molar-refractivity contribution in [1.82, 2.24) is 0 Å². The van der Waals surface area contributed by atoms with Gasteiger partial charge in [0.05, 0.1) is 10.9 Å². The van der Waals surface area contributed by atoms with Crippen LogP contribution in [0.1, 0.15) is 36.3 Å². The van der Waals surface area contributed by atoms with Gasteiger partial charge in [0.25, 0.3) is 0 Å². The molecule has 118 valence electrons. The van der Waals surface area contributed by atoms with E-state index in [1.807, 2.05) is 50.2 Å². The number of carbonyl (C=O) groups is 1. The van der Waals surface area contributed by atoms with Crippen LogP contribution in [0.3, 0.4) is 0 Å². The average molecular weight is 337 g/mol. The molecule has 4 heteroatoms. The Morgan fingerprint density at radius 2 is 1.95 bits per heavy atom. The average Bonchev–Trinajstić information content (AvgIpc) is 2.84. The molecule has 0 unspecified atom stereocenters. The van der Waals surface area contributed by atoms with Gasteiger partial charge in [-0.05, 0) is 24.5 Å². The summed E-state index contributed by atoms with van der Waals surface area (Å²) in [6.45, 7) is 3.90. The van der Waals surface area contributed by atoms with E-state index in [-0.39, 0.29) is 12.4 Å². The largest absolute Gasteiger partial charge is 0.392 e. The lowest BCUT2D eigenvalue weighted by Crippen LogP contribution is -2.26. The van der Waals surface area contributed by atoms with Crippen molar-refractivity contribution in [2.45, 2.75) is 39.7 Å². The first kappa shape index (κ1) is 17.2. The van der Waals surface area contributed by atoms with E-state index in [9.17, 15) is 9.90 Å². The topological polar surface area (TPSA) is 37.3 Å². The molecule has 2 nitrogen and oxygen atoms in total. The molecule has 1 N–H and O–H groups in total. The number of hydrogen-bond acceptors (Lipinski definition) is 3. The Morgan fingerprint density at radius 1 is 1.27 bits per heavy atom. The number of carbonyl (C=O) groups excluding carboxylic acids is 1. The minimum Gasteiger partial charge on any atom is -0.392 e. The van der Waals surface area contributed by atoms with Crippen LogP contribution in [0.15, 0.2) is 36.4 Å². The molecule has 0 saturated heterocycles. The van der Waals surface area contributed by atoms with E-state index in [1.54, 1.807) is 0 Å². The van der Waals surface area contributed by atoms with Crippen molar-refractivity contribution in [3.05, 3.63) is 56.7 Å². The Kier molecular flexibility index (Phi) is 5.79. The summed E-state index contributed by atoms with van der Waals surface area (Å²) in [6, 6.07) is 12.0. The zero-order valence-corrected chi connectivity index (χ0v) is 14.5. The van der Waals surface area contributed by atoms with Crippen molar-refractivity contribution in [3.8, 4) is 0 Å². The maximum atomic E-state index is 12.5. The van der Waals surface area contributed by atoms with Crippen LogP contribution in [0.4, 0.5) is 0 Å². The zero-order chi connectivity index (χ0) is 16.2. The molecule has 0 saturated carbocycles. The smallest absolute Gasteiger partial charge is 0.139 e. The molecule has 0 bridgehead atoms. The molecule has 2 aromatic rings. The summed E-state index contributed by atoms with van der Waals surface area (Å²) in [6.07, 6.45) is 1.98. The minimum absolute atomic E-state index is 0.0578. The number of aliphatic hydroxyl groups excluding tert-OH is 1. The Balaban J connectivity index is 1.97. The summed E-state index contributed by atoms with van der Waals surface area (Å²) in [4.78, 5) is 13.6. The van der Waals surface area contributed by atoms with Crippen LogP contribution in [-0.4, -0.2) is 10.9 Å². The summed E-state index contributed by atoms with van der Waals surface area (Å²) in [5, 5.41) is 9.20. The highest BCUT2D eigenvalue weighted by atomic mass is 35.5. The maximum absolute atomic E-state index is 12.5. The fourth-order valence-electron chi connectivity index (χ4n) is 2.43. The van der Waals surface area contributed by atoms with Crippen LogP contribution in [0, 0.1) is 5.41 Å². The van der Waals surface area contributed by atoms with Crippen molar-refractivity contribution in [2.24, 2.45) is 5.41 Å². The van der Waals surface area contributed by atoms with Crippen LogP contribution >= 0.6 is 22.9 Å². The second kappa shape index (κ2) is 7.40. The fraction of sp³-hybridized carbons (Fsp3) is 0.389. The molecule has 1 heterocycles. The van der Waals surface area contributed by atoms with Gasteiger partial charge in [0.2, 0.25) is 0 Å². The minimum atomic E-state index is -0.421. The predicted octanol–water partition coefficient (Wildman–Crippen LogP) is 4.66. The number of benzene rings is 1. The summed E-state index contributed by atoms with van der Waals surface area (Å²) < 4.78 is 0.616. The summed E-state index contributed by atoms with van der Waals surface area (Å²) in [5.41, 5.74) is 1.51. The number of thiophene rings is 1. The SMILES string of the molecule is CC(C)(Cc1cc(CO)c(Cl)s1)C(=O)CCc1ccccc1. The van der Waals surface area contributed by atoms with Gasteiger partial charge in [0, 0.05) is 22.3 Å². The summed E-state index contributed by atoms with van der Waals surface area (Å²) in [7, 11) is 0. The molecule has 0 amide bonds. The van der Waals surface area contributed by atoms with E-state index in [4.69, 9.17) is 11.6 Å². The molecule has 0 radical (unpaired) electrons. The molecule has 1 aromatic carbocycles. The summed E-state index contributed by atoms with van der Waals surface area (Å²) >= 11 is 7.52. The highest BCUT2D eigenvalue weighted by Gasteiger charge is 2.28. The van der Waals surface area contributed by atoms with Gasteiger partial charge >= 0.3 is 0 Å². The number of halogens is 1. The zero-order valence-electron chi connectivity index (χ0n) is 12.9. The molecular formula is C18H21ClO2S. The number of hydrogen-bond donors (Lipinski definition) is 1. The molecular weight excluding hydrogens is 316 g/mol. The molecule has 0 fully saturated rings. The first-order chi connectivity index (χ1) is 10.4. The van der Waals surface area contributed by atoms with Crippen molar-refractivity contribution in [2.75, 3.05) is 0 Å². The Labute approximate surface area is 140 Å². The van der Waals surface area contributed by atoms with Crippen LogP contribution < -0.4 is 0 Å². The molecule has 0 aliphatic rings. The lowest BCUT2D eigenvalue weighted by atomic mass is 9.81. The maximum Gasteiger partial charge on any atom is 0.139 e.